The maximum atomic E-state index is 10.8. The van der Waals surface area contributed by atoms with Gasteiger partial charge in [0.1, 0.15) is 0 Å². The van der Waals surface area contributed by atoms with Gasteiger partial charge in [-0.2, -0.15) is 0 Å². The van der Waals surface area contributed by atoms with Crippen molar-refractivity contribution in [2.45, 2.75) is 31.2 Å². The van der Waals surface area contributed by atoms with Crippen LogP contribution in [0.2, 0.25) is 0 Å². The topological polar surface area (TPSA) is 20.3 Å². The van der Waals surface area contributed by atoms with Crippen molar-refractivity contribution >= 4 is 13.9 Å². The molecule has 9 heavy (non-hydrogen) atoms. The van der Waals surface area contributed by atoms with E-state index in [-0.39, 0.29) is 11.4 Å². The summed E-state index contributed by atoms with van der Waals surface area (Å²) in [5.74, 6) is 0.118. The molecule has 1 aliphatic carbocycles. The van der Waals surface area contributed by atoms with Crippen LogP contribution in [0.1, 0.15) is 25.7 Å². The largest absolute Gasteiger partial charge is 0.391 e. The maximum Gasteiger partial charge on any atom is 0.231 e. The summed E-state index contributed by atoms with van der Waals surface area (Å²) in [5, 5.41) is 0. The van der Waals surface area contributed by atoms with Crippen LogP contribution in [0, 0.1) is 0 Å². The Balaban J connectivity index is 2.22. The number of amides is 1. The van der Waals surface area contributed by atoms with Crippen molar-refractivity contribution in [3.05, 3.63) is 0 Å². The van der Waals surface area contributed by atoms with Gasteiger partial charge in [0.2, 0.25) is 13.9 Å². The Morgan fingerprint density at radius 1 is 1.44 bits per heavy atom. The summed E-state index contributed by atoms with van der Waals surface area (Å²) in [4.78, 5) is 12.3. The molecule has 2 radical (unpaired) electrons. The minimum atomic E-state index is 0.118. The van der Waals surface area contributed by atoms with E-state index in [2.05, 4.69) is 0 Å². The molecule has 1 amide bonds. The lowest BCUT2D eigenvalue weighted by molar-refractivity contribution is -0.124. The molecule has 0 aromatic heterocycles. The van der Waals surface area contributed by atoms with Crippen molar-refractivity contribution in [2.24, 2.45) is 0 Å². The predicted molar refractivity (Wildman–Crippen MR) is 33.8 cm³/mol. The minimum absolute atomic E-state index is 0.118. The van der Waals surface area contributed by atoms with E-state index in [0.29, 0.717) is 6.42 Å². The Morgan fingerprint density at radius 2 is 2.11 bits per heavy atom. The third-order valence-corrected chi connectivity index (χ3v) is 2.41. The third-order valence-electron chi connectivity index (χ3n) is 2.41. The lowest BCUT2D eigenvalue weighted by Crippen LogP contribution is -2.31. The summed E-state index contributed by atoms with van der Waals surface area (Å²) in [6, 6.07) is 0. The molecule has 0 unspecified atom stereocenters. The van der Waals surface area contributed by atoms with Crippen LogP contribution in [0.5, 0.6) is 0 Å². The highest BCUT2D eigenvalue weighted by Crippen LogP contribution is 2.48. The average Bonchev–Trinajstić information content (AvgIpc) is 2.57. The summed E-state index contributed by atoms with van der Waals surface area (Å²) in [5.41, 5.74) is 0.136. The molecule has 2 rings (SSSR count). The first-order valence-corrected chi connectivity index (χ1v) is 3.32. The van der Waals surface area contributed by atoms with Crippen molar-refractivity contribution in [2.75, 3.05) is 0 Å². The summed E-state index contributed by atoms with van der Waals surface area (Å²) in [6.45, 7) is 0. The molecule has 0 aromatic carbocycles. The van der Waals surface area contributed by atoms with Crippen LogP contribution in [-0.4, -0.2) is 24.2 Å². The first kappa shape index (κ1) is 5.33. The zero-order valence-electron chi connectivity index (χ0n) is 5.26. The second-order valence-corrected chi connectivity index (χ2v) is 2.99. The van der Waals surface area contributed by atoms with Crippen molar-refractivity contribution in [3.8, 4) is 0 Å². The van der Waals surface area contributed by atoms with Crippen LogP contribution >= 0.6 is 0 Å². The Kier molecular flexibility index (Phi) is 0.790. The van der Waals surface area contributed by atoms with Gasteiger partial charge in [-0.3, -0.25) is 4.79 Å². The normalized spacial score (nSPS) is 29.8. The van der Waals surface area contributed by atoms with Gasteiger partial charge in [-0.1, -0.05) is 0 Å². The van der Waals surface area contributed by atoms with Gasteiger partial charge in [0.05, 0.1) is 0 Å². The van der Waals surface area contributed by atoms with Gasteiger partial charge in [0.25, 0.3) is 0 Å². The number of carbonyl (C=O) groups excluding carboxylic acids is 1. The van der Waals surface area contributed by atoms with Crippen LogP contribution in [0.25, 0.3) is 0 Å². The molecule has 2 aliphatic rings. The fraction of sp³-hybridized carbons (Fsp3) is 0.833. The highest BCUT2D eigenvalue weighted by atomic mass is 16.2. The molecule has 1 saturated carbocycles. The van der Waals surface area contributed by atoms with Crippen LogP contribution in [0.15, 0.2) is 0 Å². The van der Waals surface area contributed by atoms with Gasteiger partial charge >= 0.3 is 0 Å². The van der Waals surface area contributed by atoms with E-state index in [0.717, 1.165) is 19.3 Å². The SMILES string of the molecule is [B]N1C(=O)CCC12CC2. The first-order chi connectivity index (χ1) is 4.25. The molecule has 1 saturated heterocycles. The van der Waals surface area contributed by atoms with Crippen LogP contribution in [-0.2, 0) is 4.79 Å². The van der Waals surface area contributed by atoms with E-state index in [1.165, 1.54) is 4.81 Å². The molecular weight excluding hydrogens is 113 g/mol. The third kappa shape index (κ3) is 0.547. The second-order valence-electron chi connectivity index (χ2n) is 2.99. The molecule has 0 N–H and O–H groups in total. The summed E-state index contributed by atoms with van der Waals surface area (Å²) < 4.78 is 0. The van der Waals surface area contributed by atoms with Gasteiger partial charge < -0.3 is 4.81 Å². The summed E-state index contributed by atoms with van der Waals surface area (Å²) >= 11 is 0. The number of carbonyl (C=O) groups is 1. The molecule has 1 spiro atoms. The Hall–Kier alpha value is -0.465. The van der Waals surface area contributed by atoms with E-state index >= 15 is 0 Å². The molecule has 1 aliphatic heterocycles. The molecule has 0 atom stereocenters. The maximum absolute atomic E-state index is 10.8. The van der Waals surface area contributed by atoms with Gasteiger partial charge in [-0.15, -0.1) is 0 Å². The molecule has 46 valence electrons. The minimum Gasteiger partial charge on any atom is -0.391 e. The first-order valence-electron chi connectivity index (χ1n) is 3.32. The summed E-state index contributed by atoms with van der Waals surface area (Å²) in [6.07, 6.45) is 3.89. The zero-order valence-corrected chi connectivity index (χ0v) is 5.26. The lowest BCUT2D eigenvalue weighted by Gasteiger charge is -2.18. The monoisotopic (exact) mass is 121 g/mol. The Morgan fingerprint density at radius 3 is 2.33 bits per heavy atom. The van der Waals surface area contributed by atoms with Gasteiger partial charge in [-0.05, 0) is 19.3 Å². The van der Waals surface area contributed by atoms with Crippen LogP contribution in [0.4, 0.5) is 0 Å². The molecule has 3 heteroatoms. The van der Waals surface area contributed by atoms with Gasteiger partial charge in [-0.25, -0.2) is 0 Å². The fourth-order valence-electron chi connectivity index (χ4n) is 1.48. The van der Waals surface area contributed by atoms with Crippen molar-refractivity contribution < 1.29 is 4.79 Å². The fourth-order valence-corrected chi connectivity index (χ4v) is 1.48. The quantitative estimate of drug-likeness (QED) is 0.420. The molecule has 0 bridgehead atoms. The van der Waals surface area contributed by atoms with Crippen LogP contribution < -0.4 is 0 Å². The number of hydrogen-bond donors (Lipinski definition) is 0. The van der Waals surface area contributed by atoms with E-state index < -0.39 is 0 Å². The standard InChI is InChI=1S/C6H8BNO/c7-8-5(9)1-2-6(8)3-4-6/h1-4H2. The second kappa shape index (κ2) is 1.33. The highest BCUT2D eigenvalue weighted by molar-refractivity contribution is 6.16. The van der Waals surface area contributed by atoms with Gasteiger partial charge in [0.15, 0.2) is 0 Å². The van der Waals surface area contributed by atoms with E-state index in [9.17, 15) is 4.79 Å². The Labute approximate surface area is 55.6 Å². The predicted octanol–water partition coefficient (Wildman–Crippen LogP) is 0.225. The lowest BCUT2D eigenvalue weighted by atomic mass is 10.1. The average molecular weight is 121 g/mol. The molecular formula is C6H8BNO. The van der Waals surface area contributed by atoms with Crippen molar-refractivity contribution in [1.29, 1.82) is 0 Å². The number of rotatable bonds is 0. The molecule has 2 nitrogen and oxygen atoms in total. The summed E-state index contributed by atoms with van der Waals surface area (Å²) in [7, 11) is 5.50. The van der Waals surface area contributed by atoms with Crippen molar-refractivity contribution in [3.63, 3.8) is 0 Å². The molecule has 2 fully saturated rings. The molecule has 0 aromatic rings. The molecule has 1 heterocycles. The highest BCUT2D eigenvalue weighted by Gasteiger charge is 2.51. The Bertz CT molecular complexity index is 164. The van der Waals surface area contributed by atoms with E-state index in [1.807, 2.05) is 0 Å². The zero-order chi connectivity index (χ0) is 6.48. The number of hydrogen-bond acceptors (Lipinski definition) is 1. The number of nitrogens with zero attached hydrogens (tertiary/aromatic N) is 1. The van der Waals surface area contributed by atoms with Crippen molar-refractivity contribution in [1.82, 2.24) is 4.81 Å². The van der Waals surface area contributed by atoms with Crippen LogP contribution in [0.3, 0.4) is 0 Å². The van der Waals surface area contributed by atoms with Gasteiger partial charge in [0, 0.05) is 12.0 Å². The smallest absolute Gasteiger partial charge is 0.231 e. The van der Waals surface area contributed by atoms with E-state index in [1.54, 1.807) is 0 Å². The van der Waals surface area contributed by atoms with E-state index in [4.69, 9.17) is 7.98 Å².